The van der Waals surface area contributed by atoms with Crippen LogP contribution in [-0.2, 0) is 22.0 Å². The number of hydrogen-bond donors (Lipinski definition) is 0. The molecule has 0 aromatic carbocycles. The van der Waals surface area contributed by atoms with Crippen molar-refractivity contribution < 1.29 is 22.0 Å². The van der Waals surface area contributed by atoms with Crippen molar-refractivity contribution in [1.29, 1.82) is 0 Å². The van der Waals surface area contributed by atoms with Crippen LogP contribution in [0.25, 0.3) is 0 Å². The predicted octanol–water partition coefficient (Wildman–Crippen LogP) is 0.627. The molecule has 0 bridgehead atoms. The van der Waals surface area contributed by atoms with Gasteiger partial charge in [0.2, 0.25) is 0 Å². The molecule has 0 heterocycles. The molecule has 0 aromatic rings. The Bertz CT molecular complexity index is 53.9. The summed E-state index contributed by atoms with van der Waals surface area (Å²) in [4.78, 5) is 0. The molecule has 0 aliphatic heterocycles. The summed E-state index contributed by atoms with van der Waals surface area (Å²) >= 11 is -0.868. The van der Waals surface area contributed by atoms with E-state index in [1.165, 1.54) is 0 Å². The molecule has 28 valence electrons. The van der Waals surface area contributed by atoms with Crippen molar-refractivity contribution in [2.45, 2.75) is 13.3 Å². The van der Waals surface area contributed by atoms with E-state index in [0.717, 1.165) is 6.42 Å². The molecule has 0 aromatic heterocycles. The molecule has 0 radical (unpaired) electrons. The zero-order chi connectivity index (χ0) is 4.12. The molecule has 2 heteroatoms. The van der Waals surface area contributed by atoms with Crippen molar-refractivity contribution in [2.75, 3.05) is 0 Å². The fraction of sp³-hybridized carbons (Fsp3) is 0.667. The van der Waals surface area contributed by atoms with Crippen LogP contribution >= 0.6 is 0 Å². The second kappa shape index (κ2) is 4.38. The molecule has 0 fully saturated rings. The van der Waals surface area contributed by atoms with Crippen LogP contribution in [-0.4, -0.2) is 4.31 Å². The van der Waals surface area contributed by atoms with Gasteiger partial charge in [-0.3, -0.25) is 0 Å². The first-order valence-electron chi connectivity index (χ1n) is 1.61. The number of rotatable bonds is 1. The summed E-state index contributed by atoms with van der Waals surface area (Å²) in [6, 6.07) is 0. The van der Waals surface area contributed by atoms with Gasteiger partial charge in [-0.05, 0) is 0 Å². The average molecular weight is 106 g/mol. The first-order chi connectivity index (χ1) is 2.41. The first kappa shape index (κ1) is 5.38. The van der Waals surface area contributed by atoms with Crippen molar-refractivity contribution in [1.82, 2.24) is 0 Å². The molecule has 0 spiro atoms. The molecule has 0 amide bonds. The zero-order valence-electron chi connectivity index (χ0n) is 3.19. The Balaban J connectivity index is 2.93. The van der Waals surface area contributed by atoms with Gasteiger partial charge in [-0.25, -0.2) is 0 Å². The van der Waals surface area contributed by atoms with E-state index >= 15 is 0 Å². The number of hydrogen-bond acceptors (Lipinski definition) is 1. The van der Waals surface area contributed by atoms with Gasteiger partial charge in [-0.15, -0.1) is 0 Å². The van der Waals surface area contributed by atoms with Gasteiger partial charge in [0.25, 0.3) is 0 Å². The van der Waals surface area contributed by atoms with Gasteiger partial charge in [-0.2, -0.15) is 0 Å². The minimum atomic E-state index is -0.868. The van der Waals surface area contributed by atoms with Crippen molar-refractivity contribution in [3.8, 4) is 0 Å². The van der Waals surface area contributed by atoms with E-state index < -0.39 is 18.7 Å². The minimum absolute atomic E-state index is 0.868. The third-order valence-electron chi connectivity index (χ3n) is 0.287. The predicted molar refractivity (Wildman–Crippen MR) is 17.0 cm³/mol. The molecule has 0 rings (SSSR count). The molecule has 1 nitrogen and oxygen atoms in total. The molecular formula is C3H6OTi. The molecule has 0 unspecified atom stereocenters. The summed E-state index contributed by atoms with van der Waals surface area (Å²) in [6.45, 7) is 1.99. The Morgan fingerprint density at radius 2 is 2.60 bits per heavy atom. The SMILES string of the molecule is CC[CH]=[Ti]=[O]. The van der Waals surface area contributed by atoms with Gasteiger partial charge in [0.05, 0.1) is 0 Å². The maximum atomic E-state index is 9.60. The van der Waals surface area contributed by atoms with Crippen LogP contribution in [0, 0.1) is 0 Å². The normalized spacial score (nSPS) is 5.80. The van der Waals surface area contributed by atoms with E-state index in [9.17, 15) is 3.32 Å². The standard InChI is InChI=1S/C3H6.O.Ti/c1-3-2;;/h1H,3H2,2H3;;. The van der Waals surface area contributed by atoms with Crippen LogP contribution in [0.15, 0.2) is 0 Å². The molecule has 0 aliphatic carbocycles. The van der Waals surface area contributed by atoms with Gasteiger partial charge in [0, 0.05) is 0 Å². The summed E-state index contributed by atoms with van der Waals surface area (Å²) in [5.41, 5.74) is 0. The Hall–Kier alpha value is 0.384. The maximum absolute atomic E-state index is 9.60. The van der Waals surface area contributed by atoms with E-state index in [1.807, 2.05) is 11.2 Å². The van der Waals surface area contributed by atoms with Crippen molar-refractivity contribution in [2.24, 2.45) is 0 Å². The summed E-state index contributed by atoms with van der Waals surface area (Å²) < 4.78 is 11.4. The topological polar surface area (TPSA) is 17.1 Å². The Labute approximate surface area is 40.1 Å². The van der Waals surface area contributed by atoms with Crippen LogP contribution in [0.1, 0.15) is 13.3 Å². The summed E-state index contributed by atoms with van der Waals surface area (Å²) in [6.07, 6.45) is 0.962. The second-order valence-electron chi connectivity index (χ2n) is 0.730. The van der Waals surface area contributed by atoms with E-state index in [1.54, 1.807) is 0 Å². The fourth-order valence-electron chi connectivity index (χ4n) is 0.0833. The van der Waals surface area contributed by atoms with E-state index in [2.05, 4.69) is 0 Å². The fourth-order valence-corrected chi connectivity index (χ4v) is 0.344. The third kappa shape index (κ3) is 4.38. The van der Waals surface area contributed by atoms with Crippen LogP contribution < -0.4 is 0 Å². The Morgan fingerprint density at radius 1 is 2.00 bits per heavy atom. The molecule has 0 saturated carbocycles. The average Bonchev–Trinajstić information content (AvgIpc) is 1.41. The monoisotopic (exact) mass is 106 g/mol. The van der Waals surface area contributed by atoms with E-state index in [4.69, 9.17) is 0 Å². The Morgan fingerprint density at radius 3 is 2.60 bits per heavy atom. The van der Waals surface area contributed by atoms with Crippen molar-refractivity contribution in [3.05, 3.63) is 0 Å². The molecule has 0 N–H and O–H groups in total. The zero-order valence-corrected chi connectivity index (χ0v) is 4.75. The first-order valence-corrected chi connectivity index (χ1v) is 3.15. The van der Waals surface area contributed by atoms with E-state index in [-0.39, 0.29) is 0 Å². The van der Waals surface area contributed by atoms with Crippen LogP contribution in [0.3, 0.4) is 0 Å². The molecular weight excluding hydrogens is 99.9 g/mol. The van der Waals surface area contributed by atoms with Crippen LogP contribution in [0.4, 0.5) is 0 Å². The van der Waals surface area contributed by atoms with Gasteiger partial charge in [0.1, 0.15) is 0 Å². The van der Waals surface area contributed by atoms with Crippen LogP contribution in [0.2, 0.25) is 0 Å². The molecule has 5 heavy (non-hydrogen) atoms. The van der Waals surface area contributed by atoms with Crippen molar-refractivity contribution >= 4 is 4.31 Å². The van der Waals surface area contributed by atoms with E-state index in [0.29, 0.717) is 0 Å². The quantitative estimate of drug-likeness (QED) is 0.448. The van der Waals surface area contributed by atoms with Gasteiger partial charge in [-0.1, -0.05) is 0 Å². The third-order valence-corrected chi connectivity index (χ3v) is 1.19. The van der Waals surface area contributed by atoms with Crippen LogP contribution in [0.5, 0.6) is 0 Å². The summed E-state index contributed by atoms with van der Waals surface area (Å²) in [5, 5.41) is 0. The Kier molecular flexibility index (Phi) is 4.72. The summed E-state index contributed by atoms with van der Waals surface area (Å²) in [7, 11) is 0. The molecule has 0 aliphatic rings. The second-order valence-corrected chi connectivity index (χ2v) is 1.74. The van der Waals surface area contributed by atoms with Gasteiger partial charge < -0.3 is 0 Å². The van der Waals surface area contributed by atoms with Gasteiger partial charge >= 0.3 is 39.6 Å². The molecule has 0 atom stereocenters. The van der Waals surface area contributed by atoms with Crippen molar-refractivity contribution in [3.63, 3.8) is 0 Å². The van der Waals surface area contributed by atoms with Gasteiger partial charge in [0.15, 0.2) is 0 Å². The summed E-state index contributed by atoms with van der Waals surface area (Å²) in [5.74, 6) is 0. The molecule has 0 saturated heterocycles.